The highest BCUT2D eigenvalue weighted by Crippen LogP contribution is 2.40. The van der Waals surface area contributed by atoms with E-state index < -0.39 is 16.1 Å². The number of aryl methyl sites for hydroxylation is 2. The second-order valence-electron chi connectivity index (χ2n) is 9.72. The molecule has 0 fully saturated rings. The van der Waals surface area contributed by atoms with Gasteiger partial charge in [-0.1, -0.05) is 77.8 Å². The summed E-state index contributed by atoms with van der Waals surface area (Å²) in [5.41, 5.74) is 6.77. The second-order valence-corrected chi connectivity index (χ2v) is 11.8. The summed E-state index contributed by atoms with van der Waals surface area (Å²) in [6.07, 6.45) is 0.636. The van der Waals surface area contributed by atoms with Gasteiger partial charge in [0.2, 0.25) is 0 Å². The number of urea groups is 1. The van der Waals surface area contributed by atoms with E-state index in [0.717, 1.165) is 33.5 Å². The Morgan fingerprint density at radius 3 is 2.38 bits per heavy atom. The number of hydrogen-bond acceptors (Lipinski definition) is 5. The van der Waals surface area contributed by atoms with Gasteiger partial charge in [-0.15, -0.1) is 0 Å². The number of carbonyl (C=O) groups excluding carboxylic acids is 1. The van der Waals surface area contributed by atoms with E-state index in [4.69, 9.17) is 16.7 Å². The number of benzene rings is 4. The van der Waals surface area contributed by atoms with Crippen LogP contribution in [0.5, 0.6) is 0 Å². The van der Waals surface area contributed by atoms with E-state index in [-0.39, 0.29) is 17.5 Å². The van der Waals surface area contributed by atoms with Crippen LogP contribution in [0.25, 0.3) is 0 Å². The first-order valence-corrected chi connectivity index (χ1v) is 14.7. The molecule has 1 aliphatic rings. The van der Waals surface area contributed by atoms with Gasteiger partial charge < -0.3 is 5.32 Å². The Bertz CT molecular complexity index is 1670. The maximum atomic E-state index is 12.9. The Morgan fingerprint density at radius 1 is 0.950 bits per heavy atom. The number of amides is 2. The van der Waals surface area contributed by atoms with Gasteiger partial charge in [-0.3, -0.25) is 5.01 Å². The maximum absolute atomic E-state index is 12.9. The smallest absolute Gasteiger partial charge is 0.328 e. The van der Waals surface area contributed by atoms with Crippen LogP contribution in [0, 0.1) is 13.8 Å². The van der Waals surface area contributed by atoms with Crippen molar-refractivity contribution in [1.82, 2.24) is 10.0 Å². The number of carbonyl (C=O) groups is 1. The third kappa shape index (κ3) is 6.03. The molecule has 204 valence electrons. The van der Waals surface area contributed by atoms with E-state index in [0.29, 0.717) is 17.1 Å². The van der Waals surface area contributed by atoms with Gasteiger partial charge in [-0.25, -0.2) is 17.9 Å². The minimum absolute atomic E-state index is 0.0293. The molecule has 2 amide bonds. The Balaban J connectivity index is 1.39. The molecule has 0 bridgehead atoms. The van der Waals surface area contributed by atoms with Crippen molar-refractivity contribution in [3.8, 4) is 0 Å². The fourth-order valence-electron chi connectivity index (χ4n) is 4.72. The molecule has 0 saturated heterocycles. The van der Waals surface area contributed by atoms with E-state index >= 15 is 0 Å². The molecular weight excluding hydrogens is 544 g/mol. The fraction of sp³-hybridized carbons (Fsp3) is 0.161. The Morgan fingerprint density at radius 2 is 1.65 bits per heavy atom. The third-order valence-electron chi connectivity index (χ3n) is 6.81. The molecule has 40 heavy (non-hydrogen) atoms. The van der Waals surface area contributed by atoms with Gasteiger partial charge in [-0.05, 0) is 66.9 Å². The van der Waals surface area contributed by atoms with E-state index in [1.165, 1.54) is 12.1 Å². The van der Waals surface area contributed by atoms with Gasteiger partial charge >= 0.3 is 6.03 Å². The zero-order valence-electron chi connectivity index (χ0n) is 22.1. The topological polar surface area (TPSA) is 90.9 Å². The number of nitrogens with one attached hydrogen (secondary N) is 2. The molecule has 0 spiro atoms. The van der Waals surface area contributed by atoms with Gasteiger partial charge in [0, 0.05) is 23.6 Å². The number of rotatable bonds is 7. The zero-order valence-corrected chi connectivity index (χ0v) is 23.7. The molecule has 4 aromatic carbocycles. The number of hydrogen-bond donors (Lipinski definition) is 2. The van der Waals surface area contributed by atoms with Crippen molar-refractivity contribution in [3.63, 3.8) is 0 Å². The van der Waals surface area contributed by atoms with Crippen molar-refractivity contribution < 1.29 is 13.2 Å². The van der Waals surface area contributed by atoms with Crippen LogP contribution in [0.1, 0.15) is 40.3 Å². The van der Waals surface area contributed by atoms with Crippen molar-refractivity contribution >= 4 is 39.1 Å². The van der Waals surface area contributed by atoms with Gasteiger partial charge in [0.05, 0.1) is 22.3 Å². The highest BCUT2D eigenvalue weighted by Gasteiger charge is 2.32. The first-order chi connectivity index (χ1) is 19.2. The van der Waals surface area contributed by atoms with Crippen LogP contribution in [0.3, 0.4) is 0 Å². The SMILES string of the molecule is Cc1ccc(C)c(C2=NN(c3ccc(S(=O)(=O)NC(=O)NCc4ccccc4)cc3)C(c3ccccc3Cl)C2)c1. The molecule has 0 saturated carbocycles. The molecule has 5 rings (SSSR count). The summed E-state index contributed by atoms with van der Waals surface area (Å²) < 4.78 is 27.9. The molecule has 0 aliphatic carbocycles. The number of nitrogens with zero attached hydrogens (tertiary/aromatic N) is 2. The van der Waals surface area contributed by atoms with Crippen molar-refractivity contribution in [1.29, 1.82) is 0 Å². The summed E-state index contributed by atoms with van der Waals surface area (Å²) in [5.74, 6) is 0. The quantitative estimate of drug-likeness (QED) is 0.264. The average Bonchev–Trinajstić information content (AvgIpc) is 3.39. The normalized spacial score (nSPS) is 15.0. The zero-order chi connectivity index (χ0) is 28.3. The van der Waals surface area contributed by atoms with Crippen LogP contribution in [-0.2, 0) is 16.6 Å². The predicted octanol–water partition coefficient (Wildman–Crippen LogP) is 6.50. The van der Waals surface area contributed by atoms with Crippen LogP contribution < -0.4 is 15.0 Å². The van der Waals surface area contributed by atoms with E-state index in [9.17, 15) is 13.2 Å². The highest BCUT2D eigenvalue weighted by atomic mass is 35.5. The number of halogens is 1. The molecule has 1 aliphatic heterocycles. The van der Waals surface area contributed by atoms with Crippen LogP contribution >= 0.6 is 11.6 Å². The second kappa shape index (κ2) is 11.5. The minimum atomic E-state index is -4.08. The number of hydrazone groups is 1. The molecule has 0 aromatic heterocycles. The van der Waals surface area contributed by atoms with Crippen LogP contribution in [-0.4, -0.2) is 20.2 Å². The standard InChI is InChI=1S/C31H29ClN4O3S/c1-21-12-13-22(2)27(18-21)29-19-30(26-10-6-7-11-28(26)32)36(34-29)24-14-16-25(17-15-24)40(38,39)35-31(37)33-20-23-8-4-3-5-9-23/h3-18,30H,19-20H2,1-2H3,(H2,33,35,37). The van der Waals surface area contributed by atoms with Crippen LogP contribution in [0.4, 0.5) is 10.5 Å². The summed E-state index contributed by atoms with van der Waals surface area (Å²) in [7, 11) is -4.08. The van der Waals surface area contributed by atoms with Crippen LogP contribution in [0.2, 0.25) is 5.02 Å². The number of anilines is 1. The van der Waals surface area contributed by atoms with E-state index in [2.05, 4.69) is 42.1 Å². The maximum Gasteiger partial charge on any atom is 0.328 e. The van der Waals surface area contributed by atoms with Crippen molar-refractivity contribution in [2.45, 2.75) is 37.8 Å². The number of sulfonamides is 1. The third-order valence-corrected chi connectivity index (χ3v) is 8.50. The van der Waals surface area contributed by atoms with Crippen molar-refractivity contribution in [2.24, 2.45) is 5.10 Å². The van der Waals surface area contributed by atoms with Crippen LogP contribution in [0.15, 0.2) is 107 Å². The molecule has 4 aromatic rings. The molecule has 1 atom stereocenters. The Kier molecular flexibility index (Phi) is 7.91. The fourth-order valence-corrected chi connectivity index (χ4v) is 5.91. The van der Waals surface area contributed by atoms with Gasteiger partial charge in [0.25, 0.3) is 10.0 Å². The minimum Gasteiger partial charge on any atom is -0.333 e. The van der Waals surface area contributed by atoms with E-state index in [1.807, 2.05) is 59.6 Å². The first kappa shape index (κ1) is 27.4. The summed E-state index contributed by atoms with van der Waals surface area (Å²) in [4.78, 5) is 12.3. The first-order valence-electron chi connectivity index (χ1n) is 12.8. The monoisotopic (exact) mass is 572 g/mol. The molecule has 1 unspecified atom stereocenters. The highest BCUT2D eigenvalue weighted by molar-refractivity contribution is 7.90. The summed E-state index contributed by atoms with van der Waals surface area (Å²) >= 11 is 6.60. The lowest BCUT2D eigenvalue weighted by molar-refractivity contribution is 0.245. The predicted molar refractivity (Wildman–Crippen MR) is 159 cm³/mol. The lowest BCUT2D eigenvalue weighted by Crippen LogP contribution is -2.39. The van der Waals surface area contributed by atoms with Crippen molar-refractivity contribution in [2.75, 3.05) is 5.01 Å². The molecule has 7 nitrogen and oxygen atoms in total. The summed E-state index contributed by atoms with van der Waals surface area (Å²) in [5, 5.41) is 10.1. The Hall–Kier alpha value is -4.14. The molecular formula is C31H29ClN4O3S. The average molecular weight is 573 g/mol. The van der Waals surface area contributed by atoms with Gasteiger partial charge in [0.1, 0.15) is 0 Å². The molecule has 0 radical (unpaired) electrons. The summed E-state index contributed by atoms with van der Waals surface area (Å²) in [6, 6.07) is 28.6. The summed E-state index contributed by atoms with van der Waals surface area (Å²) in [6.45, 7) is 4.32. The van der Waals surface area contributed by atoms with E-state index in [1.54, 1.807) is 12.1 Å². The Labute approximate surface area is 239 Å². The van der Waals surface area contributed by atoms with Gasteiger partial charge in [0.15, 0.2) is 0 Å². The van der Waals surface area contributed by atoms with Gasteiger partial charge in [-0.2, -0.15) is 5.10 Å². The molecule has 9 heteroatoms. The molecule has 2 N–H and O–H groups in total. The lowest BCUT2D eigenvalue weighted by Gasteiger charge is -2.25. The lowest BCUT2D eigenvalue weighted by atomic mass is 9.95. The van der Waals surface area contributed by atoms with Crippen molar-refractivity contribution in [3.05, 3.63) is 130 Å². The molecule has 1 heterocycles. The largest absolute Gasteiger partial charge is 0.333 e.